The summed E-state index contributed by atoms with van der Waals surface area (Å²) in [6.45, 7) is 2.04. The van der Waals surface area contributed by atoms with E-state index in [-0.39, 0.29) is 25.0 Å². The second kappa shape index (κ2) is 6.35. The van der Waals surface area contributed by atoms with Gasteiger partial charge in [-0.05, 0) is 31.2 Å². The van der Waals surface area contributed by atoms with E-state index in [1.165, 1.54) is 4.90 Å². The van der Waals surface area contributed by atoms with E-state index in [4.69, 9.17) is 4.74 Å². The molecule has 0 aliphatic carbocycles. The zero-order chi connectivity index (χ0) is 19.1. The Kier molecular flexibility index (Phi) is 3.99. The van der Waals surface area contributed by atoms with Gasteiger partial charge in [0.2, 0.25) is 0 Å². The second-order valence-corrected chi connectivity index (χ2v) is 6.22. The first-order valence-corrected chi connectivity index (χ1v) is 8.59. The summed E-state index contributed by atoms with van der Waals surface area (Å²) in [4.78, 5) is 43.1. The minimum Gasteiger partial charge on any atom is -0.462 e. The van der Waals surface area contributed by atoms with Crippen LogP contribution in [0.15, 0.2) is 42.5 Å². The van der Waals surface area contributed by atoms with Crippen LogP contribution in [0.5, 0.6) is 0 Å². The highest BCUT2D eigenvalue weighted by Crippen LogP contribution is 2.26. The fraction of sp³-hybridized carbons (Fsp3) is 0.200. The first kappa shape index (κ1) is 17.0. The van der Waals surface area contributed by atoms with Crippen LogP contribution in [0.4, 0.5) is 0 Å². The highest BCUT2D eigenvalue weighted by atomic mass is 16.5. The smallest absolute Gasteiger partial charge is 0.340 e. The molecule has 4 rings (SSSR count). The molecule has 136 valence electrons. The molecule has 2 heterocycles. The summed E-state index contributed by atoms with van der Waals surface area (Å²) in [7, 11) is 1.79. The molecule has 7 nitrogen and oxygen atoms in total. The van der Waals surface area contributed by atoms with Crippen molar-refractivity contribution in [3.8, 4) is 0 Å². The van der Waals surface area contributed by atoms with Gasteiger partial charge in [0.15, 0.2) is 0 Å². The van der Waals surface area contributed by atoms with E-state index in [1.54, 1.807) is 54.9 Å². The van der Waals surface area contributed by atoms with Crippen LogP contribution in [-0.4, -0.2) is 38.8 Å². The van der Waals surface area contributed by atoms with E-state index >= 15 is 0 Å². The molecular formula is C20H17N3O4. The van der Waals surface area contributed by atoms with E-state index in [1.807, 2.05) is 6.07 Å². The van der Waals surface area contributed by atoms with Crippen molar-refractivity contribution in [2.45, 2.75) is 13.5 Å². The van der Waals surface area contributed by atoms with Crippen LogP contribution in [0.1, 0.15) is 43.8 Å². The van der Waals surface area contributed by atoms with Gasteiger partial charge in [-0.25, -0.2) is 9.78 Å². The minimum atomic E-state index is -0.450. The Bertz CT molecular complexity index is 1060. The van der Waals surface area contributed by atoms with Gasteiger partial charge in [0.05, 0.1) is 35.4 Å². The molecule has 0 radical (unpaired) electrons. The minimum absolute atomic E-state index is 0.0276. The lowest BCUT2D eigenvalue weighted by molar-refractivity contribution is 0.0527. The number of imide groups is 1. The predicted octanol–water partition coefficient (Wildman–Crippen LogP) is 2.55. The largest absolute Gasteiger partial charge is 0.462 e. The fourth-order valence-corrected chi connectivity index (χ4v) is 3.30. The number of amides is 2. The van der Waals surface area contributed by atoms with Crippen LogP contribution in [0.2, 0.25) is 0 Å². The van der Waals surface area contributed by atoms with Crippen molar-refractivity contribution in [1.29, 1.82) is 0 Å². The lowest BCUT2D eigenvalue weighted by Crippen LogP contribution is -2.30. The standard InChI is InChI=1S/C20H17N3O4/c1-3-27-20(26)14-9-6-10-15-17(14)21-16(22(15)2)11-23-18(24)12-7-4-5-8-13(12)19(23)25/h4-10H,3,11H2,1-2H3. The zero-order valence-electron chi connectivity index (χ0n) is 14.9. The number of carbonyl (C=O) groups excluding carboxylic acids is 3. The molecule has 3 aromatic rings. The van der Waals surface area contributed by atoms with Crippen LogP contribution < -0.4 is 0 Å². The molecule has 0 saturated carbocycles. The van der Waals surface area contributed by atoms with Gasteiger partial charge < -0.3 is 9.30 Å². The topological polar surface area (TPSA) is 81.5 Å². The molecule has 1 aliphatic heterocycles. The Hall–Kier alpha value is -3.48. The molecule has 2 amide bonds. The molecular weight excluding hydrogens is 346 g/mol. The third-order valence-electron chi connectivity index (χ3n) is 4.68. The highest BCUT2D eigenvalue weighted by molar-refractivity contribution is 6.21. The van der Waals surface area contributed by atoms with Crippen molar-refractivity contribution >= 4 is 28.8 Å². The number of nitrogens with zero attached hydrogens (tertiary/aromatic N) is 3. The quantitative estimate of drug-likeness (QED) is 0.526. The lowest BCUT2D eigenvalue weighted by Gasteiger charge is -2.13. The highest BCUT2D eigenvalue weighted by Gasteiger charge is 2.36. The van der Waals surface area contributed by atoms with Crippen molar-refractivity contribution in [3.05, 3.63) is 65.0 Å². The van der Waals surface area contributed by atoms with Gasteiger partial charge in [-0.3, -0.25) is 14.5 Å². The monoisotopic (exact) mass is 363 g/mol. The normalized spacial score (nSPS) is 13.3. The molecule has 0 saturated heterocycles. The molecule has 1 aromatic heterocycles. The molecule has 0 unspecified atom stereocenters. The molecule has 1 aliphatic rings. The Balaban J connectivity index is 1.73. The number of ether oxygens (including phenoxy) is 1. The number of para-hydroxylation sites is 1. The molecule has 2 aromatic carbocycles. The molecule has 0 atom stereocenters. The second-order valence-electron chi connectivity index (χ2n) is 6.22. The van der Waals surface area contributed by atoms with E-state index in [0.29, 0.717) is 28.0 Å². The number of hydrogen-bond acceptors (Lipinski definition) is 5. The summed E-state index contributed by atoms with van der Waals surface area (Å²) in [5, 5.41) is 0. The summed E-state index contributed by atoms with van der Waals surface area (Å²) in [6, 6.07) is 12.0. The summed E-state index contributed by atoms with van der Waals surface area (Å²) in [5.41, 5.74) is 2.37. The number of carbonyl (C=O) groups is 3. The summed E-state index contributed by atoms with van der Waals surface area (Å²) < 4.78 is 6.87. The van der Waals surface area contributed by atoms with Gasteiger partial charge in [-0.1, -0.05) is 18.2 Å². The Labute approximate surface area is 155 Å². The fourth-order valence-electron chi connectivity index (χ4n) is 3.30. The van der Waals surface area contributed by atoms with Crippen molar-refractivity contribution in [2.24, 2.45) is 7.05 Å². The average Bonchev–Trinajstić information content (AvgIpc) is 3.12. The maximum absolute atomic E-state index is 12.6. The SMILES string of the molecule is CCOC(=O)c1cccc2c1nc(CN1C(=O)c3ccccc3C1=O)n2C. The van der Waals surface area contributed by atoms with Gasteiger partial charge in [0.1, 0.15) is 11.3 Å². The Morgan fingerprint density at radius 3 is 2.33 bits per heavy atom. The van der Waals surface area contributed by atoms with Gasteiger partial charge in [-0.15, -0.1) is 0 Å². The Morgan fingerprint density at radius 2 is 1.70 bits per heavy atom. The number of aromatic nitrogens is 2. The maximum Gasteiger partial charge on any atom is 0.340 e. The number of imidazole rings is 1. The number of benzene rings is 2. The third kappa shape index (κ3) is 2.59. The van der Waals surface area contributed by atoms with Crippen LogP contribution >= 0.6 is 0 Å². The first-order valence-electron chi connectivity index (χ1n) is 8.59. The van der Waals surface area contributed by atoms with E-state index in [0.717, 1.165) is 5.52 Å². The zero-order valence-corrected chi connectivity index (χ0v) is 14.9. The van der Waals surface area contributed by atoms with Gasteiger partial charge in [0, 0.05) is 7.05 Å². The summed E-state index contributed by atoms with van der Waals surface area (Å²) in [6.07, 6.45) is 0. The Morgan fingerprint density at radius 1 is 1.04 bits per heavy atom. The number of fused-ring (bicyclic) bond motifs is 2. The third-order valence-corrected chi connectivity index (χ3v) is 4.68. The summed E-state index contributed by atoms with van der Waals surface area (Å²) in [5.74, 6) is -0.619. The summed E-state index contributed by atoms with van der Waals surface area (Å²) >= 11 is 0. The number of aryl methyl sites for hydroxylation is 1. The predicted molar refractivity (Wildman–Crippen MR) is 97.3 cm³/mol. The average molecular weight is 363 g/mol. The molecule has 7 heteroatoms. The van der Waals surface area contributed by atoms with Crippen LogP contribution in [0.25, 0.3) is 11.0 Å². The van der Waals surface area contributed by atoms with Crippen molar-refractivity contribution < 1.29 is 19.1 Å². The van der Waals surface area contributed by atoms with Crippen LogP contribution in [0.3, 0.4) is 0 Å². The van der Waals surface area contributed by atoms with Crippen LogP contribution in [-0.2, 0) is 18.3 Å². The molecule has 0 N–H and O–H groups in total. The molecule has 0 spiro atoms. The van der Waals surface area contributed by atoms with Crippen molar-refractivity contribution in [3.63, 3.8) is 0 Å². The molecule has 27 heavy (non-hydrogen) atoms. The molecule has 0 fully saturated rings. The van der Waals surface area contributed by atoms with E-state index in [9.17, 15) is 14.4 Å². The van der Waals surface area contributed by atoms with Crippen molar-refractivity contribution in [2.75, 3.05) is 6.61 Å². The maximum atomic E-state index is 12.6. The number of hydrogen-bond donors (Lipinski definition) is 0. The van der Waals surface area contributed by atoms with Gasteiger partial charge >= 0.3 is 5.97 Å². The van der Waals surface area contributed by atoms with E-state index < -0.39 is 5.97 Å². The van der Waals surface area contributed by atoms with Gasteiger partial charge in [-0.2, -0.15) is 0 Å². The molecule has 0 bridgehead atoms. The number of rotatable bonds is 4. The first-order chi connectivity index (χ1) is 13.0. The lowest BCUT2D eigenvalue weighted by atomic mass is 10.1. The van der Waals surface area contributed by atoms with Crippen molar-refractivity contribution in [1.82, 2.24) is 14.5 Å². The van der Waals surface area contributed by atoms with E-state index in [2.05, 4.69) is 4.98 Å². The van der Waals surface area contributed by atoms with Gasteiger partial charge in [0.25, 0.3) is 11.8 Å². The van der Waals surface area contributed by atoms with Crippen LogP contribution in [0, 0.1) is 0 Å². The number of esters is 1.